The van der Waals surface area contributed by atoms with Crippen LogP contribution in [-0.2, 0) is 21.7 Å². The van der Waals surface area contributed by atoms with Crippen LogP contribution in [0.25, 0.3) is 33.4 Å². The van der Waals surface area contributed by atoms with E-state index in [2.05, 4.69) is 224 Å². The van der Waals surface area contributed by atoms with Gasteiger partial charge in [0.2, 0.25) is 0 Å². The number of fused-ring (bicyclic) bond motifs is 12. The molecule has 0 unspecified atom stereocenters. The molecule has 8 aromatic rings. The van der Waals surface area contributed by atoms with E-state index in [-0.39, 0.29) is 10.8 Å². The maximum Gasteiger partial charge on any atom is 0.132 e. The Labute approximate surface area is 349 Å². The molecule has 0 aromatic heterocycles. The molecule has 0 amide bonds. The Balaban J connectivity index is 1.19. The van der Waals surface area contributed by atoms with Crippen molar-refractivity contribution in [2.24, 2.45) is 0 Å². The van der Waals surface area contributed by atoms with Crippen LogP contribution in [0.15, 0.2) is 182 Å². The van der Waals surface area contributed by atoms with Crippen molar-refractivity contribution in [1.82, 2.24) is 0 Å². The zero-order valence-electron chi connectivity index (χ0n) is 34.7. The fourth-order valence-electron chi connectivity index (χ4n) is 10.7. The lowest BCUT2D eigenvalue weighted by Gasteiger charge is -2.39. The van der Waals surface area contributed by atoms with Gasteiger partial charge in [0, 0.05) is 11.1 Å². The minimum atomic E-state index is -0.536. The number of hydrogen-bond donors (Lipinski definition) is 0. The minimum absolute atomic E-state index is 0.00941. The summed E-state index contributed by atoms with van der Waals surface area (Å²) in [5.74, 6) is 1.81. The van der Waals surface area contributed by atoms with Crippen molar-refractivity contribution in [3.63, 3.8) is 0 Å². The minimum Gasteiger partial charge on any atom is -0.457 e. The molecule has 11 rings (SSSR count). The van der Waals surface area contributed by atoms with E-state index < -0.39 is 10.8 Å². The van der Waals surface area contributed by atoms with Crippen molar-refractivity contribution < 1.29 is 4.74 Å². The number of ether oxygens (including phenoxy) is 1. The fraction of sp³-hybridized carbons (Fsp3) is 0.172. The number of hydrogen-bond acceptors (Lipinski definition) is 1. The van der Waals surface area contributed by atoms with Gasteiger partial charge >= 0.3 is 0 Å². The first kappa shape index (κ1) is 35.7. The molecule has 3 aliphatic rings. The van der Waals surface area contributed by atoms with Gasteiger partial charge in [0.25, 0.3) is 0 Å². The molecule has 1 heteroatoms. The van der Waals surface area contributed by atoms with E-state index in [0.29, 0.717) is 0 Å². The molecule has 0 radical (unpaired) electrons. The van der Waals surface area contributed by atoms with Crippen molar-refractivity contribution in [1.29, 1.82) is 0 Å². The second-order valence-electron chi connectivity index (χ2n) is 18.9. The van der Waals surface area contributed by atoms with Gasteiger partial charge in [-0.15, -0.1) is 0 Å². The summed E-state index contributed by atoms with van der Waals surface area (Å²) in [4.78, 5) is 0. The topological polar surface area (TPSA) is 9.23 Å². The Morgan fingerprint density at radius 2 is 0.746 bits per heavy atom. The van der Waals surface area contributed by atoms with Gasteiger partial charge < -0.3 is 4.74 Å². The first-order valence-electron chi connectivity index (χ1n) is 21.1. The predicted molar refractivity (Wildman–Crippen MR) is 244 cm³/mol. The summed E-state index contributed by atoms with van der Waals surface area (Å²) < 4.78 is 6.83. The first-order valence-corrected chi connectivity index (χ1v) is 21.1. The van der Waals surface area contributed by atoms with E-state index in [9.17, 15) is 0 Å². The average Bonchev–Trinajstić information content (AvgIpc) is 3.71. The van der Waals surface area contributed by atoms with Crippen LogP contribution < -0.4 is 4.74 Å². The molecule has 1 heterocycles. The van der Waals surface area contributed by atoms with Gasteiger partial charge in [0.05, 0.1) is 10.8 Å². The number of para-hydroxylation sites is 1. The highest BCUT2D eigenvalue weighted by Gasteiger charge is 2.51. The van der Waals surface area contributed by atoms with Crippen molar-refractivity contribution in [3.8, 4) is 44.9 Å². The molecule has 0 fully saturated rings. The first-order chi connectivity index (χ1) is 28.5. The van der Waals surface area contributed by atoms with Crippen LogP contribution in [0.3, 0.4) is 0 Å². The van der Waals surface area contributed by atoms with Crippen molar-refractivity contribution in [2.45, 2.75) is 63.2 Å². The molecule has 1 nitrogen and oxygen atoms in total. The summed E-state index contributed by atoms with van der Waals surface area (Å²) in [6.07, 6.45) is 0. The molecule has 2 aliphatic carbocycles. The Bertz CT molecular complexity index is 2900. The summed E-state index contributed by atoms with van der Waals surface area (Å²) >= 11 is 0. The summed E-state index contributed by atoms with van der Waals surface area (Å²) in [5.41, 5.74) is 19.3. The van der Waals surface area contributed by atoms with Gasteiger partial charge in [-0.25, -0.2) is 0 Å². The summed E-state index contributed by atoms with van der Waals surface area (Å²) in [5, 5.41) is 0. The largest absolute Gasteiger partial charge is 0.457 e. The zero-order valence-corrected chi connectivity index (χ0v) is 34.7. The molecule has 0 saturated heterocycles. The van der Waals surface area contributed by atoms with Gasteiger partial charge in [-0.1, -0.05) is 199 Å². The van der Waals surface area contributed by atoms with Gasteiger partial charge in [0.15, 0.2) is 0 Å². The molecule has 0 saturated carbocycles. The zero-order chi connectivity index (χ0) is 40.3. The standard InChI is InChI=1S/C58H48O/c1-55(2,3)39-17-15-19-41(35-39)57(42-20-16-18-40(36-42)56(4,5)6)47-24-10-7-23-45(47)46-31-29-37(33-51(46)57)38-30-32-54-52(34-38)58(50-27-13-14-28-53(50)59-54)48-25-11-8-21-43(48)44-22-9-12-26-49(44)58/h7-36H,1-6H3. The highest BCUT2D eigenvalue weighted by Crippen LogP contribution is 2.63. The van der Waals surface area contributed by atoms with Gasteiger partial charge in [-0.3, -0.25) is 0 Å². The molecule has 0 bridgehead atoms. The molecular weight excluding hydrogens is 713 g/mol. The van der Waals surface area contributed by atoms with E-state index >= 15 is 0 Å². The Morgan fingerprint density at radius 3 is 1.29 bits per heavy atom. The highest BCUT2D eigenvalue weighted by molar-refractivity contribution is 5.91. The van der Waals surface area contributed by atoms with Crippen LogP contribution in [0.4, 0.5) is 0 Å². The second kappa shape index (κ2) is 12.5. The predicted octanol–water partition coefficient (Wildman–Crippen LogP) is 14.8. The molecular formula is C58H48O. The quantitative estimate of drug-likeness (QED) is 0.174. The lowest BCUT2D eigenvalue weighted by atomic mass is 9.65. The normalized spacial score (nSPS) is 15.0. The van der Waals surface area contributed by atoms with Crippen molar-refractivity contribution in [3.05, 3.63) is 238 Å². The van der Waals surface area contributed by atoms with Crippen LogP contribution in [0.1, 0.15) is 97.2 Å². The van der Waals surface area contributed by atoms with E-state index in [1.807, 2.05) is 0 Å². The molecule has 59 heavy (non-hydrogen) atoms. The third-order valence-corrected chi connectivity index (χ3v) is 13.5. The summed E-state index contributed by atoms with van der Waals surface area (Å²) in [6, 6.07) is 68.6. The summed E-state index contributed by atoms with van der Waals surface area (Å²) in [7, 11) is 0. The van der Waals surface area contributed by atoms with Crippen LogP contribution in [0.5, 0.6) is 11.5 Å². The van der Waals surface area contributed by atoms with Crippen LogP contribution in [-0.4, -0.2) is 0 Å². The Morgan fingerprint density at radius 1 is 0.322 bits per heavy atom. The van der Waals surface area contributed by atoms with E-state index in [1.165, 1.54) is 89.0 Å². The lowest BCUT2D eigenvalue weighted by molar-refractivity contribution is 0.436. The third kappa shape index (κ3) is 4.97. The Kier molecular flexibility index (Phi) is 7.58. The third-order valence-electron chi connectivity index (χ3n) is 13.5. The van der Waals surface area contributed by atoms with Crippen LogP contribution >= 0.6 is 0 Å². The molecule has 8 aromatic carbocycles. The van der Waals surface area contributed by atoms with Crippen LogP contribution in [0, 0.1) is 0 Å². The molecule has 0 N–H and O–H groups in total. The van der Waals surface area contributed by atoms with Crippen molar-refractivity contribution >= 4 is 0 Å². The van der Waals surface area contributed by atoms with Crippen molar-refractivity contribution in [2.75, 3.05) is 0 Å². The van der Waals surface area contributed by atoms with Gasteiger partial charge in [0.1, 0.15) is 11.5 Å². The SMILES string of the molecule is CC(C)(C)c1cccc(C2(c3cccc(C(C)(C)C)c3)c3ccccc3-c3ccc(-c4ccc5c(c4)C4(c6ccccc6O5)c5ccccc5-c5ccccc54)cc32)c1. The van der Waals surface area contributed by atoms with E-state index in [1.54, 1.807) is 0 Å². The average molecular weight is 761 g/mol. The second-order valence-corrected chi connectivity index (χ2v) is 18.9. The maximum absolute atomic E-state index is 6.83. The Hall–Kier alpha value is -6.44. The van der Waals surface area contributed by atoms with Crippen LogP contribution in [0.2, 0.25) is 0 Å². The lowest BCUT2D eigenvalue weighted by Crippen LogP contribution is -2.32. The van der Waals surface area contributed by atoms with Gasteiger partial charge in [-0.05, 0) is 113 Å². The van der Waals surface area contributed by atoms with E-state index in [4.69, 9.17) is 4.74 Å². The fourth-order valence-corrected chi connectivity index (χ4v) is 10.7. The molecule has 0 atom stereocenters. The smallest absolute Gasteiger partial charge is 0.132 e. The highest BCUT2D eigenvalue weighted by atomic mass is 16.5. The van der Waals surface area contributed by atoms with E-state index in [0.717, 1.165) is 11.5 Å². The number of benzene rings is 8. The van der Waals surface area contributed by atoms with Gasteiger partial charge in [-0.2, -0.15) is 0 Å². The monoisotopic (exact) mass is 760 g/mol. The molecule has 286 valence electrons. The maximum atomic E-state index is 6.83. The molecule has 1 spiro atoms. The molecule has 1 aliphatic heterocycles. The summed E-state index contributed by atoms with van der Waals surface area (Å²) in [6.45, 7) is 13.9. The number of rotatable bonds is 3.